The van der Waals surface area contributed by atoms with Crippen LogP contribution in [-0.2, 0) is 0 Å². The lowest BCUT2D eigenvalue weighted by Crippen LogP contribution is -2.38. The number of hydrogen-bond donors (Lipinski definition) is 2. The summed E-state index contributed by atoms with van der Waals surface area (Å²) in [4.78, 5) is 0. The van der Waals surface area contributed by atoms with E-state index in [9.17, 15) is 5.11 Å². The summed E-state index contributed by atoms with van der Waals surface area (Å²) in [6.45, 7) is 3.29. The van der Waals surface area contributed by atoms with Crippen molar-refractivity contribution in [3.63, 3.8) is 0 Å². The fraction of sp³-hybridized carbons (Fsp3) is 1.00. The molecule has 2 aliphatic rings. The molecule has 10 heavy (non-hydrogen) atoms. The Bertz CT molecular complexity index is 148. The second kappa shape index (κ2) is 1.95. The molecule has 0 radical (unpaired) electrons. The molecule has 2 heteroatoms. The van der Waals surface area contributed by atoms with E-state index in [0.717, 1.165) is 19.4 Å². The third-order valence-electron chi connectivity index (χ3n) is 3.04. The van der Waals surface area contributed by atoms with Crippen LogP contribution in [0.4, 0.5) is 0 Å². The Hall–Kier alpha value is -0.0800. The van der Waals surface area contributed by atoms with Crippen LogP contribution < -0.4 is 5.32 Å². The molecule has 0 unspecified atom stereocenters. The minimum absolute atomic E-state index is 0.0249. The van der Waals surface area contributed by atoms with Crippen molar-refractivity contribution in [1.82, 2.24) is 5.32 Å². The van der Waals surface area contributed by atoms with E-state index in [-0.39, 0.29) is 6.10 Å². The second-order valence-electron chi connectivity index (χ2n) is 4.01. The first-order chi connectivity index (χ1) is 4.70. The average molecular weight is 141 g/mol. The van der Waals surface area contributed by atoms with E-state index in [1.165, 1.54) is 6.42 Å². The largest absolute Gasteiger partial charge is 0.393 e. The third kappa shape index (κ3) is 0.867. The van der Waals surface area contributed by atoms with Crippen LogP contribution in [0.5, 0.6) is 0 Å². The maximum Gasteiger partial charge on any atom is 0.0581 e. The molecule has 0 aromatic rings. The lowest BCUT2D eigenvalue weighted by atomic mass is 9.80. The molecule has 0 amide bonds. The summed E-state index contributed by atoms with van der Waals surface area (Å²) in [5.74, 6) is 0.541. The highest BCUT2D eigenvalue weighted by molar-refractivity contribution is 4.99. The summed E-state index contributed by atoms with van der Waals surface area (Å²) >= 11 is 0. The minimum Gasteiger partial charge on any atom is -0.393 e. The number of nitrogens with one attached hydrogen (secondary N) is 1. The van der Waals surface area contributed by atoms with Gasteiger partial charge in [-0.15, -0.1) is 0 Å². The zero-order chi connectivity index (χ0) is 7.19. The molecule has 2 rings (SSSR count). The van der Waals surface area contributed by atoms with Crippen LogP contribution in [0.25, 0.3) is 0 Å². The van der Waals surface area contributed by atoms with Crippen LogP contribution >= 0.6 is 0 Å². The number of hydrogen-bond acceptors (Lipinski definition) is 2. The maximum absolute atomic E-state index is 9.47. The number of aliphatic hydroxyl groups excluding tert-OH is 1. The fourth-order valence-corrected chi connectivity index (χ4v) is 2.27. The Balaban J connectivity index is 2.12. The summed E-state index contributed by atoms with van der Waals surface area (Å²) in [6, 6.07) is 0. The van der Waals surface area contributed by atoms with Gasteiger partial charge in [-0.25, -0.2) is 0 Å². The van der Waals surface area contributed by atoms with Gasteiger partial charge in [-0.1, -0.05) is 0 Å². The molecule has 0 aromatic carbocycles. The molecular formula is C8H15NO. The van der Waals surface area contributed by atoms with Crippen molar-refractivity contribution in [3.05, 3.63) is 0 Å². The quantitative estimate of drug-likeness (QED) is 0.515. The smallest absolute Gasteiger partial charge is 0.0581 e. The van der Waals surface area contributed by atoms with Crippen molar-refractivity contribution in [2.75, 3.05) is 6.54 Å². The zero-order valence-electron chi connectivity index (χ0n) is 6.43. The van der Waals surface area contributed by atoms with Crippen molar-refractivity contribution in [3.8, 4) is 0 Å². The summed E-state index contributed by atoms with van der Waals surface area (Å²) in [5.41, 5.74) is 0.365. The standard InChI is InChI=1S/C8H15NO/c1-8-3-2-7(10)6(4-8)5-9-8/h6-7,9-10H,2-5H2,1H3/t6-,7+,8+/m1/s1. The molecule has 1 aliphatic heterocycles. The normalized spacial score (nSPS) is 53.4. The van der Waals surface area contributed by atoms with Crippen LogP contribution in [-0.4, -0.2) is 23.3 Å². The lowest BCUT2D eigenvalue weighted by molar-refractivity contribution is 0.0760. The number of fused-ring (bicyclic) bond motifs is 2. The first kappa shape index (κ1) is 6.62. The predicted molar refractivity (Wildman–Crippen MR) is 39.8 cm³/mol. The molecule has 2 nitrogen and oxygen atoms in total. The predicted octanol–water partition coefficient (Wildman–Crippen LogP) is 0.509. The third-order valence-corrected chi connectivity index (χ3v) is 3.04. The maximum atomic E-state index is 9.47. The average Bonchev–Trinajstić information content (AvgIpc) is 2.23. The van der Waals surface area contributed by atoms with Crippen LogP contribution in [0, 0.1) is 5.92 Å². The van der Waals surface area contributed by atoms with E-state index in [1.54, 1.807) is 0 Å². The van der Waals surface area contributed by atoms with E-state index < -0.39 is 0 Å². The number of rotatable bonds is 0. The first-order valence-corrected chi connectivity index (χ1v) is 4.13. The highest BCUT2D eigenvalue weighted by Crippen LogP contribution is 2.36. The van der Waals surface area contributed by atoms with E-state index in [4.69, 9.17) is 0 Å². The van der Waals surface area contributed by atoms with Crippen molar-refractivity contribution in [1.29, 1.82) is 0 Å². The summed E-state index contributed by atoms with van der Waals surface area (Å²) in [6.07, 6.45) is 3.29. The van der Waals surface area contributed by atoms with Crippen molar-refractivity contribution >= 4 is 0 Å². The second-order valence-corrected chi connectivity index (χ2v) is 4.01. The van der Waals surface area contributed by atoms with Gasteiger partial charge in [0.1, 0.15) is 0 Å². The van der Waals surface area contributed by atoms with Gasteiger partial charge in [0.05, 0.1) is 6.10 Å². The van der Waals surface area contributed by atoms with Crippen molar-refractivity contribution in [2.24, 2.45) is 5.92 Å². The Morgan fingerprint density at radius 3 is 3.10 bits per heavy atom. The molecule has 1 saturated heterocycles. The van der Waals surface area contributed by atoms with E-state index >= 15 is 0 Å². The van der Waals surface area contributed by atoms with Gasteiger partial charge in [0.2, 0.25) is 0 Å². The molecule has 2 bridgehead atoms. The van der Waals surface area contributed by atoms with Gasteiger partial charge in [-0.05, 0) is 32.1 Å². The van der Waals surface area contributed by atoms with E-state index in [1.807, 2.05) is 0 Å². The molecule has 1 aliphatic carbocycles. The molecule has 2 fully saturated rings. The van der Waals surface area contributed by atoms with Gasteiger partial charge in [-0.2, -0.15) is 0 Å². The van der Waals surface area contributed by atoms with Gasteiger partial charge >= 0.3 is 0 Å². The molecular weight excluding hydrogens is 126 g/mol. The van der Waals surface area contributed by atoms with E-state index in [2.05, 4.69) is 12.2 Å². The van der Waals surface area contributed by atoms with Gasteiger partial charge in [0, 0.05) is 12.1 Å². The molecule has 2 N–H and O–H groups in total. The Morgan fingerprint density at radius 1 is 1.60 bits per heavy atom. The zero-order valence-corrected chi connectivity index (χ0v) is 6.43. The molecule has 0 aromatic heterocycles. The summed E-state index contributed by atoms with van der Waals surface area (Å²) in [5, 5.41) is 12.9. The molecule has 1 heterocycles. The Morgan fingerprint density at radius 2 is 2.40 bits per heavy atom. The molecule has 0 spiro atoms. The molecule has 1 saturated carbocycles. The Kier molecular flexibility index (Phi) is 1.29. The minimum atomic E-state index is -0.0249. The highest BCUT2D eigenvalue weighted by Gasteiger charge is 2.42. The van der Waals surface area contributed by atoms with Gasteiger partial charge < -0.3 is 10.4 Å². The first-order valence-electron chi connectivity index (χ1n) is 4.13. The Labute approximate surface area is 61.6 Å². The summed E-state index contributed by atoms with van der Waals surface area (Å²) in [7, 11) is 0. The molecule has 58 valence electrons. The van der Waals surface area contributed by atoms with Crippen LogP contribution in [0.15, 0.2) is 0 Å². The van der Waals surface area contributed by atoms with Gasteiger partial charge in [0.15, 0.2) is 0 Å². The SMILES string of the molecule is C[C@@]12CC[C@H](O)[C@@H](CN1)C2. The topological polar surface area (TPSA) is 32.3 Å². The van der Waals surface area contributed by atoms with Gasteiger partial charge in [0.25, 0.3) is 0 Å². The van der Waals surface area contributed by atoms with Crippen molar-refractivity contribution < 1.29 is 5.11 Å². The van der Waals surface area contributed by atoms with Gasteiger partial charge in [-0.3, -0.25) is 0 Å². The lowest BCUT2D eigenvalue weighted by Gasteiger charge is -2.31. The monoisotopic (exact) mass is 141 g/mol. The fourth-order valence-electron chi connectivity index (χ4n) is 2.27. The summed E-state index contributed by atoms with van der Waals surface area (Å²) < 4.78 is 0. The van der Waals surface area contributed by atoms with Crippen molar-refractivity contribution in [2.45, 2.75) is 37.8 Å². The van der Waals surface area contributed by atoms with Crippen LogP contribution in [0.2, 0.25) is 0 Å². The van der Waals surface area contributed by atoms with Crippen LogP contribution in [0.1, 0.15) is 26.2 Å². The highest BCUT2D eigenvalue weighted by atomic mass is 16.3. The van der Waals surface area contributed by atoms with Crippen LogP contribution in [0.3, 0.4) is 0 Å². The molecule has 3 atom stereocenters. The number of aliphatic hydroxyl groups is 1. The van der Waals surface area contributed by atoms with E-state index in [0.29, 0.717) is 11.5 Å².